The molecule has 0 aromatic heterocycles. The molecule has 29 heavy (non-hydrogen) atoms. The highest BCUT2D eigenvalue weighted by atomic mass is 16.6. The van der Waals surface area contributed by atoms with Crippen molar-refractivity contribution in [1.82, 2.24) is 0 Å². The minimum absolute atomic E-state index is 0.0558. The molecule has 1 heterocycles. The van der Waals surface area contributed by atoms with Crippen LogP contribution in [-0.2, 0) is 6.42 Å². The van der Waals surface area contributed by atoms with E-state index in [1.54, 1.807) is 24.3 Å². The quantitative estimate of drug-likeness (QED) is 0.230. The van der Waals surface area contributed by atoms with Gasteiger partial charge >= 0.3 is 5.97 Å². The number of ether oxygens (including phenoxy) is 1. The molecule has 1 aliphatic rings. The predicted octanol–water partition coefficient (Wildman–Crippen LogP) is 4.14. The first-order valence-corrected chi connectivity index (χ1v) is 8.46. The van der Waals surface area contributed by atoms with E-state index >= 15 is 0 Å². The lowest BCUT2D eigenvalue weighted by molar-refractivity contribution is -0.384. The highest BCUT2D eigenvalue weighted by Crippen LogP contribution is 2.45. The SMILES string of the molecule is O=C(O)c1cc([N+](=O)[O-])cc2c1Nc1cc(Cc3ccc(O)c(O)c3)ccc1O2. The molecule has 0 fully saturated rings. The number of carboxylic acid groups (broad SMARTS) is 1. The Labute approximate surface area is 163 Å². The second kappa shape index (κ2) is 6.71. The van der Waals surface area contributed by atoms with Gasteiger partial charge in [-0.05, 0) is 41.8 Å². The molecule has 9 nitrogen and oxygen atoms in total. The van der Waals surface area contributed by atoms with Crippen molar-refractivity contribution in [3.05, 3.63) is 75.3 Å². The number of carbonyl (C=O) groups is 1. The van der Waals surface area contributed by atoms with Gasteiger partial charge in [-0.3, -0.25) is 10.1 Å². The number of fused-ring (bicyclic) bond motifs is 2. The van der Waals surface area contributed by atoms with E-state index in [4.69, 9.17) is 4.74 Å². The number of non-ortho nitro benzene ring substituents is 1. The molecule has 0 amide bonds. The fourth-order valence-electron chi connectivity index (χ4n) is 3.13. The molecular formula is C20H14N2O7. The number of phenols is 2. The molecule has 0 saturated heterocycles. The molecule has 0 bridgehead atoms. The second-order valence-electron chi connectivity index (χ2n) is 6.49. The molecule has 4 rings (SSSR count). The molecule has 3 aromatic rings. The summed E-state index contributed by atoms with van der Waals surface area (Å²) in [6.45, 7) is 0. The lowest BCUT2D eigenvalue weighted by Crippen LogP contribution is -2.10. The van der Waals surface area contributed by atoms with Crippen molar-refractivity contribution >= 4 is 23.0 Å². The Morgan fingerprint density at radius 1 is 1.00 bits per heavy atom. The third-order valence-electron chi connectivity index (χ3n) is 4.50. The number of nitrogens with one attached hydrogen (secondary N) is 1. The van der Waals surface area contributed by atoms with Crippen LogP contribution in [0, 0.1) is 10.1 Å². The van der Waals surface area contributed by atoms with Gasteiger partial charge in [-0.15, -0.1) is 0 Å². The van der Waals surface area contributed by atoms with Gasteiger partial charge in [0.25, 0.3) is 5.69 Å². The van der Waals surface area contributed by atoms with E-state index < -0.39 is 10.9 Å². The standard InChI is InChI=1S/C20H14N2O7/c23-15-3-1-11(7-16(15)24)5-10-2-4-17-14(6-10)21-19-13(20(25)26)8-12(22(27)28)9-18(19)29-17/h1-4,6-9,21,23-24H,5H2,(H,25,26). The number of aromatic hydroxyl groups is 2. The van der Waals surface area contributed by atoms with Gasteiger partial charge in [-0.25, -0.2) is 4.79 Å². The molecular weight excluding hydrogens is 380 g/mol. The maximum atomic E-state index is 11.6. The lowest BCUT2D eigenvalue weighted by Gasteiger charge is -2.23. The number of phenolic OH excluding ortho intramolecular Hbond substituents is 2. The van der Waals surface area contributed by atoms with Crippen molar-refractivity contribution in [3.8, 4) is 23.0 Å². The first-order valence-electron chi connectivity index (χ1n) is 8.46. The topological polar surface area (TPSA) is 142 Å². The van der Waals surface area contributed by atoms with Crippen molar-refractivity contribution in [1.29, 1.82) is 0 Å². The summed E-state index contributed by atoms with van der Waals surface area (Å²) >= 11 is 0. The summed E-state index contributed by atoms with van der Waals surface area (Å²) in [6.07, 6.45) is 0.446. The zero-order valence-electron chi connectivity index (χ0n) is 14.7. The number of nitrogens with zero attached hydrogens (tertiary/aromatic N) is 1. The van der Waals surface area contributed by atoms with E-state index in [1.165, 1.54) is 18.2 Å². The van der Waals surface area contributed by atoms with Crippen LogP contribution in [0.5, 0.6) is 23.0 Å². The minimum atomic E-state index is -1.32. The van der Waals surface area contributed by atoms with Gasteiger partial charge in [-0.2, -0.15) is 0 Å². The predicted molar refractivity (Wildman–Crippen MR) is 102 cm³/mol. The molecule has 0 spiro atoms. The van der Waals surface area contributed by atoms with Crippen molar-refractivity contribution in [2.24, 2.45) is 0 Å². The zero-order chi connectivity index (χ0) is 20.7. The number of hydrogen-bond donors (Lipinski definition) is 4. The van der Waals surface area contributed by atoms with E-state index in [-0.39, 0.29) is 34.2 Å². The van der Waals surface area contributed by atoms with Gasteiger partial charge in [0, 0.05) is 6.07 Å². The Hall–Kier alpha value is -4.27. The fraction of sp³-hybridized carbons (Fsp3) is 0.0500. The molecule has 0 aliphatic carbocycles. The lowest BCUT2D eigenvalue weighted by atomic mass is 10.0. The Balaban J connectivity index is 1.69. The Morgan fingerprint density at radius 3 is 2.41 bits per heavy atom. The van der Waals surface area contributed by atoms with Crippen LogP contribution in [0.2, 0.25) is 0 Å². The number of rotatable bonds is 4. The van der Waals surface area contributed by atoms with Crippen molar-refractivity contribution < 1.29 is 29.8 Å². The average Bonchev–Trinajstić information content (AvgIpc) is 2.68. The summed E-state index contributed by atoms with van der Waals surface area (Å²) < 4.78 is 5.70. The van der Waals surface area contributed by atoms with Crippen LogP contribution in [0.3, 0.4) is 0 Å². The van der Waals surface area contributed by atoms with Crippen LogP contribution in [0.15, 0.2) is 48.5 Å². The van der Waals surface area contributed by atoms with E-state index in [1.807, 2.05) is 0 Å². The monoisotopic (exact) mass is 394 g/mol. The minimum Gasteiger partial charge on any atom is -0.504 e. The molecule has 0 atom stereocenters. The number of aromatic carboxylic acids is 1. The summed E-state index contributed by atoms with van der Waals surface area (Å²) in [5.74, 6) is -1.29. The molecule has 146 valence electrons. The number of nitro groups is 1. The Kier molecular flexibility index (Phi) is 4.19. The van der Waals surface area contributed by atoms with E-state index in [2.05, 4.69) is 5.32 Å². The van der Waals surface area contributed by atoms with E-state index in [9.17, 15) is 30.2 Å². The normalized spacial score (nSPS) is 11.6. The summed E-state index contributed by atoms with van der Waals surface area (Å²) in [7, 11) is 0. The summed E-state index contributed by atoms with van der Waals surface area (Å²) in [5, 5.41) is 42.5. The fourth-order valence-corrected chi connectivity index (χ4v) is 3.13. The largest absolute Gasteiger partial charge is 0.504 e. The van der Waals surface area contributed by atoms with Gasteiger partial charge in [0.1, 0.15) is 0 Å². The zero-order valence-corrected chi connectivity index (χ0v) is 14.7. The van der Waals surface area contributed by atoms with Crippen LogP contribution in [0.25, 0.3) is 0 Å². The van der Waals surface area contributed by atoms with Gasteiger partial charge in [-0.1, -0.05) is 12.1 Å². The maximum Gasteiger partial charge on any atom is 0.338 e. The van der Waals surface area contributed by atoms with E-state index in [0.717, 1.165) is 17.2 Å². The highest BCUT2D eigenvalue weighted by molar-refractivity contribution is 5.99. The number of carboxylic acids is 1. The summed E-state index contributed by atoms with van der Waals surface area (Å²) in [6, 6.07) is 11.9. The smallest absolute Gasteiger partial charge is 0.338 e. The van der Waals surface area contributed by atoms with Crippen molar-refractivity contribution in [2.75, 3.05) is 5.32 Å². The van der Waals surface area contributed by atoms with Crippen LogP contribution in [0.4, 0.5) is 17.1 Å². The van der Waals surface area contributed by atoms with Crippen molar-refractivity contribution in [3.63, 3.8) is 0 Å². The summed E-state index contributed by atoms with van der Waals surface area (Å²) in [4.78, 5) is 22.0. The van der Waals surface area contributed by atoms with Gasteiger partial charge in [0.2, 0.25) is 0 Å². The molecule has 9 heteroatoms. The van der Waals surface area contributed by atoms with Crippen molar-refractivity contribution in [2.45, 2.75) is 6.42 Å². The maximum absolute atomic E-state index is 11.6. The third kappa shape index (κ3) is 3.36. The van der Waals surface area contributed by atoms with Crippen LogP contribution in [0.1, 0.15) is 21.5 Å². The molecule has 0 saturated carbocycles. The first kappa shape index (κ1) is 18.1. The van der Waals surface area contributed by atoms with Gasteiger partial charge < -0.3 is 25.4 Å². The molecule has 0 unspecified atom stereocenters. The van der Waals surface area contributed by atoms with Crippen LogP contribution in [-0.4, -0.2) is 26.2 Å². The molecule has 1 aliphatic heterocycles. The third-order valence-corrected chi connectivity index (χ3v) is 4.50. The first-order chi connectivity index (χ1) is 13.8. The number of benzene rings is 3. The highest BCUT2D eigenvalue weighted by Gasteiger charge is 2.26. The molecule has 4 N–H and O–H groups in total. The number of nitro benzene ring substituents is 1. The number of hydrogen-bond acceptors (Lipinski definition) is 7. The van der Waals surface area contributed by atoms with Crippen LogP contribution < -0.4 is 10.1 Å². The number of anilines is 2. The Morgan fingerprint density at radius 2 is 1.72 bits per heavy atom. The Bertz CT molecular complexity index is 1170. The van der Waals surface area contributed by atoms with Crippen LogP contribution >= 0.6 is 0 Å². The summed E-state index contributed by atoms with van der Waals surface area (Å²) in [5.41, 5.74) is 1.60. The van der Waals surface area contributed by atoms with Gasteiger partial charge in [0.05, 0.1) is 27.9 Å². The molecule has 3 aromatic carbocycles. The van der Waals surface area contributed by atoms with Gasteiger partial charge in [0.15, 0.2) is 23.0 Å². The second-order valence-corrected chi connectivity index (χ2v) is 6.49. The van der Waals surface area contributed by atoms with E-state index in [0.29, 0.717) is 17.9 Å². The molecule has 0 radical (unpaired) electrons. The average molecular weight is 394 g/mol.